The maximum Gasteiger partial charge on any atom is 0.0842 e. The largest absolute Gasteiger partial charge is 0.393 e. The van der Waals surface area contributed by atoms with Gasteiger partial charge in [-0.1, -0.05) is 13.8 Å². The van der Waals surface area contributed by atoms with E-state index in [-0.39, 0.29) is 47.1 Å². The number of hydrogen-bond acceptors (Lipinski definition) is 4. The molecule has 0 spiro atoms. The van der Waals surface area contributed by atoms with E-state index in [0.29, 0.717) is 17.8 Å². The van der Waals surface area contributed by atoms with Gasteiger partial charge in [0.05, 0.1) is 36.4 Å². The Hall–Kier alpha value is -0.630. The normalized spacial score (nSPS) is 54.7. The second-order valence-electron chi connectivity index (χ2n) is 10.8. The molecule has 4 saturated carbocycles. The molecule has 0 aromatic rings. The van der Waals surface area contributed by atoms with Crippen molar-refractivity contribution in [2.45, 2.75) is 97.1 Å². The van der Waals surface area contributed by atoms with Crippen molar-refractivity contribution >= 4 is 0 Å². The smallest absolute Gasteiger partial charge is 0.0842 e. The third-order valence-electron chi connectivity index (χ3n) is 9.19. The first-order valence-corrected chi connectivity index (χ1v) is 11.1. The summed E-state index contributed by atoms with van der Waals surface area (Å²) < 4.78 is 6.10. The van der Waals surface area contributed by atoms with Gasteiger partial charge in [0, 0.05) is 0 Å². The highest BCUT2D eigenvalue weighted by Crippen LogP contribution is 2.67. The Bertz CT molecular complexity index is 615. The molecule has 4 heteroatoms. The van der Waals surface area contributed by atoms with Crippen LogP contribution in [0.1, 0.15) is 72.6 Å². The van der Waals surface area contributed by atoms with Crippen LogP contribution in [-0.2, 0) is 4.74 Å². The molecule has 0 radical (unpaired) electrons. The summed E-state index contributed by atoms with van der Waals surface area (Å²) in [6.45, 7) is 8.69. The molecule has 4 aliphatic rings. The first kappa shape index (κ1) is 19.7. The van der Waals surface area contributed by atoms with Gasteiger partial charge in [-0.05, 0) is 93.3 Å². The fraction of sp³-hybridized carbons (Fsp3) is 0.957. The summed E-state index contributed by atoms with van der Waals surface area (Å²) in [4.78, 5) is 0. The zero-order valence-corrected chi connectivity index (χ0v) is 17.4. The van der Waals surface area contributed by atoms with Crippen molar-refractivity contribution in [3.05, 3.63) is 0 Å². The van der Waals surface area contributed by atoms with Crippen LogP contribution in [0.15, 0.2) is 0 Å². The molecule has 0 saturated heterocycles. The number of rotatable bonds is 2. The van der Waals surface area contributed by atoms with E-state index in [2.05, 4.69) is 19.9 Å². The number of aliphatic hydroxyl groups excluding tert-OH is 2. The van der Waals surface area contributed by atoms with Gasteiger partial charge < -0.3 is 14.9 Å². The molecule has 4 rings (SSSR count). The van der Waals surface area contributed by atoms with Gasteiger partial charge in [0.1, 0.15) is 0 Å². The van der Waals surface area contributed by atoms with Crippen LogP contribution in [0.5, 0.6) is 0 Å². The summed E-state index contributed by atoms with van der Waals surface area (Å²) in [5.74, 6) is 1.90. The molecule has 0 aliphatic heterocycles. The minimum atomic E-state index is -0.387. The van der Waals surface area contributed by atoms with Gasteiger partial charge in [-0.2, -0.15) is 5.26 Å². The summed E-state index contributed by atoms with van der Waals surface area (Å²) in [5, 5.41) is 31.7. The Balaban J connectivity index is 1.64. The van der Waals surface area contributed by atoms with Gasteiger partial charge in [-0.25, -0.2) is 0 Å². The molecule has 1 unspecified atom stereocenters. The molecule has 4 nitrogen and oxygen atoms in total. The lowest BCUT2D eigenvalue weighted by atomic mass is 9.43. The second kappa shape index (κ2) is 6.71. The van der Waals surface area contributed by atoms with Gasteiger partial charge in [0.15, 0.2) is 0 Å². The SMILES string of the molecule is CC(C)O[C@H]1C[C@]2(C)C3[C@@H](CC[C@H]2C[C@@H]1O)[C@@H]1CC[C@H](C#N)[C@@]1(C)C[C@@H]3O. The van der Waals surface area contributed by atoms with E-state index in [1.807, 2.05) is 13.8 Å². The molecule has 0 aromatic heterocycles. The highest BCUT2D eigenvalue weighted by Gasteiger charge is 2.64. The lowest BCUT2D eigenvalue weighted by Gasteiger charge is -2.62. The summed E-state index contributed by atoms with van der Waals surface area (Å²) in [5.41, 5.74) is -0.00623. The van der Waals surface area contributed by atoms with Crippen molar-refractivity contribution < 1.29 is 14.9 Å². The molecule has 4 aliphatic carbocycles. The Morgan fingerprint density at radius 1 is 1.00 bits per heavy atom. The van der Waals surface area contributed by atoms with Gasteiger partial charge >= 0.3 is 0 Å². The monoisotopic (exact) mass is 375 g/mol. The fourth-order valence-electron chi connectivity index (χ4n) is 8.08. The van der Waals surface area contributed by atoms with Crippen LogP contribution in [0.2, 0.25) is 0 Å². The molecule has 0 bridgehead atoms. The average molecular weight is 376 g/mol. The maximum absolute atomic E-state index is 11.4. The van der Waals surface area contributed by atoms with Crippen molar-refractivity contribution in [3.8, 4) is 6.07 Å². The van der Waals surface area contributed by atoms with E-state index in [4.69, 9.17) is 4.74 Å². The van der Waals surface area contributed by atoms with Crippen molar-refractivity contribution in [2.75, 3.05) is 0 Å². The predicted octanol–water partition coefficient (Wildman–Crippen LogP) is 3.90. The summed E-state index contributed by atoms with van der Waals surface area (Å²) in [6, 6.07) is 2.56. The summed E-state index contributed by atoms with van der Waals surface area (Å²) in [7, 11) is 0. The molecule has 10 atom stereocenters. The van der Waals surface area contributed by atoms with E-state index in [1.54, 1.807) is 0 Å². The quantitative estimate of drug-likeness (QED) is 0.767. The van der Waals surface area contributed by atoms with E-state index < -0.39 is 0 Å². The molecule has 0 aromatic carbocycles. The third kappa shape index (κ3) is 2.88. The molecular formula is C23H37NO3. The van der Waals surface area contributed by atoms with E-state index >= 15 is 0 Å². The number of nitriles is 1. The van der Waals surface area contributed by atoms with E-state index in [9.17, 15) is 15.5 Å². The van der Waals surface area contributed by atoms with Gasteiger partial charge in [0.25, 0.3) is 0 Å². The van der Waals surface area contributed by atoms with Crippen molar-refractivity contribution in [2.24, 2.45) is 40.4 Å². The Kier molecular flexibility index (Phi) is 4.89. The molecule has 4 fully saturated rings. The van der Waals surface area contributed by atoms with Crippen molar-refractivity contribution in [3.63, 3.8) is 0 Å². The topological polar surface area (TPSA) is 73.5 Å². The number of ether oxygens (including phenoxy) is 1. The molecule has 0 heterocycles. The Morgan fingerprint density at radius 3 is 2.41 bits per heavy atom. The number of hydrogen-bond donors (Lipinski definition) is 2. The third-order valence-corrected chi connectivity index (χ3v) is 9.19. The van der Waals surface area contributed by atoms with E-state index in [0.717, 1.165) is 44.9 Å². The van der Waals surface area contributed by atoms with Crippen LogP contribution in [0.25, 0.3) is 0 Å². The molecule has 152 valence electrons. The zero-order chi connectivity index (χ0) is 19.6. The summed E-state index contributed by atoms with van der Waals surface area (Å²) in [6.07, 6.45) is 6.07. The van der Waals surface area contributed by atoms with Gasteiger partial charge in [0.2, 0.25) is 0 Å². The number of nitrogens with zero attached hydrogens (tertiary/aromatic N) is 1. The summed E-state index contributed by atoms with van der Waals surface area (Å²) >= 11 is 0. The van der Waals surface area contributed by atoms with Gasteiger partial charge in [-0.3, -0.25) is 0 Å². The van der Waals surface area contributed by atoms with Crippen LogP contribution in [0, 0.1) is 51.8 Å². The fourth-order valence-corrected chi connectivity index (χ4v) is 8.08. The van der Waals surface area contributed by atoms with Crippen LogP contribution in [0.3, 0.4) is 0 Å². The number of fused-ring (bicyclic) bond motifs is 5. The lowest BCUT2D eigenvalue weighted by Crippen LogP contribution is -2.61. The zero-order valence-electron chi connectivity index (χ0n) is 17.4. The standard InChI is InChI=1S/C23H37NO3/c1-13(2)27-20-11-23(4)14(9-18(20)25)5-7-16-17-8-6-15(12-24)22(17,3)10-19(26)21(16)23/h13-21,25-26H,5-11H2,1-4H3/t14-,15+,16-,17-,18-,19-,20-,21?,22+,23-/m0/s1. The maximum atomic E-state index is 11.4. The molecule has 2 N–H and O–H groups in total. The van der Waals surface area contributed by atoms with Crippen LogP contribution in [0.4, 0.5) is 0 Å². The first-order valence-electron chi connectivity index (χ1n) is 11.1. The molecular weight excluding hydrogens is 338 g/mol. The molecule has 27 heavy (non-hydrogen) atoms. The first-order chi connectivity index (χ1) is 12.7. The Labute approximate surface area is 164 Å². The minimum absolute atomic E-state index is 0.0210. The van der Waals surface area contributed by atoms with Crippen LogP contribution in [-0.4, -0.2) is 34.6 Å². The van der Waals surface area contributed by atoms with Crippen LogP contribution < -0.4 is 0 Å². The lowest BCUT2D eigenvalue weighted by molar-refractivity contribution is -0.206. The van der Waals surface area contributed by atoms with Crippen LogP contribution >= 0.6 is 0 Å². The van der Waals surface area contributed by atoms with Gasteiger partial charge in [-0.15, -0.1) is 0 Å². The Morgan fingerprint density at radius 2 is 1.74 bits per heavy atom. The highest BCUT2D eigenvalue weighted by molar-refractivity contribution is 5.15. The highest BCUT2D eigenvalue weighted by atomic mass is 16.5. The molecule has 0 amide bonds. The second-order valence-corrected chi connectivity index (χ2v) is 10.8. The van der Waals surface area contributed by atoms with Crippen molar-refractivity contribution in [1.82, 2.24) is 0 Å². The average Bonchev–Trinajstić information content (AvgIpc) is 2.91. The number of aliphatic hydroxyl groups is 2. The van der Waals surface area contributed by atoms with E-state index in [1.165, 1.54) is 0 Å². The minimum Gasteiger partial charge on any atom is -0.393 e. The van der Waals surface area contributed by atoms with Crippen molar-refractivity contribution in [1.29, 1.82) is 5.26 Å². The predicted molar refractivity (Wildman–Crippen MR) is 104 cm³/mol.